The first-order valence-electron chi connectivity index (χ1n) is 6.52. The summed E-state index contributed by atoms with van der Waals surface area (Å²) in [6.07, 6.45) is 0. The van der Waals surface area contributed by atoms with Crippen molar-refractivity contribution in [3.63, 3.8) is 0 Å². The van der Waals surface area contributed by atoms with Crippen LogP contribution in [0.1, 0.15) is 20.8 Å². The van der Waals surface area contributed by atoms with Crippen molar-refractivity contribution in [1.29, 1.82) is 0 Å². The first kappa shape index (κ1) is 17.3. The normalized spacial score (nSPS) is 12.0. The molecule has 6 nitrogen and oxygen atoms in total. The van der Waals surface area contributed by atoms with E-state index in [-0.39, 0.29) is 12.4 Å². The second-order valence-electron chi connectivity index (χ2n) is 4.86. The second-order valence-corrected chi connectivity index (χ2v) is 7.52. The number of para-hydroxylation sites is 2. The fourth-order valence-electron chi connectivity index (χ4n) is 1.49. The van der Waals surface area contributed by atoms with Crippen LogP contribution in [0, 0.1) is 0 Å². The lowest BCUT2D eigenvalue weighted by Gasteiger charge is -2.20. The summed E-state index contributed by atoms with van der Waals surface area (Å²) in [5.41, 5.74) is 0. The first-order valence-corrected chi connectivity index (χ1v) is 8.18. The highest BCUT2D eigenvalue weighted by atomic mass is 32.2. The molecule has 7 heteroatoms. The van der Waals surface area contributed by atoms with Crippen molar-refractivity contribution in [3.05, 3.63) is 24.3 Å². The van der Waals surface area contributed by atoms with Gasteiger partial charge < -0.3 is 14.6 Å². The minimum atomic E-state index is -3.82. The van der Waals surface area contributed by atoms with E-state index in [2.05, 4.69) is 0 Å². The molecule has 0 heterocycles. The predicted molar refractivity (Wildman–Crippen MR) is 78.6 cm³/mol. The number of hydrogen-bond acceptors (Lipinski definition) is 5. The van der Waals surface area contributed by atoms with Crippen molar-refractivity contribution in [2.24, 2.45) is 0 Å². The highest BCUT2D eigenvalue weighted by Crippen LogP contribution is 2.26. The topological polar surface area (TPSA) is 89.9 Å². The van der Waals surface area contributed by atoms with Crippen LogP contribution in [0.4, 0.5) is 0 Å². The fraction of sp³-hybridized carbons (Fsp3) is 0.500. The molecule has 1 aromatic rings. The number of aliphatic carboxylic acids is 1. The quantitative estimate of drug-likeness (QED) is 0.785. The Kier molecular flexibility index (Phi) is 5.60. The number of benzene rings is 1. The summed E-state index contributed by atoms with van der Waals surface area (Å²) in [6, 6.07) is 6.91. The Labute approximate surface area is 124 Å². The Bertz CT molecular complexity index is 591. The molecule has 1 rings (SSSR count). The van der Waals surface area contributed by atoms with Gasteiger partial charge in [0.25, 0.3) is 0 Å². The number of carbonyl (C=O) groups is 1. The minimum Gasteiger partial charge on any atom is -0.490 e. The van der Waals surface area contributed by atoms with Gasteiger partial charge in [0.05, 0.1) is 12.4 Å². The van der Waals surface area contributed by atoms with Crippen LogP contribution < -0.4 is 9.47 Å². The van der Waals surface area contributed by atoms with Crippen LogP contribution in [0.3, 0.4) is 0 Å². The lowest BCUT2D eigenvalue weighted by atomic mass is 10.2. The average Bonchev–Trinajstić information content (AvgIpc) is 2.40. The molecule has 0 radical (unpaired) electrons. The van der Waals surface area contributed by atoms with E-state index in [0.29, 0.717) is 18.1 Å². The zero-order chi connectivity index (χ0) is 16.1. The summed E-state index contributed by atoms with van der Waals surface area (Å²) in [7, 11) is -3.82. The maximum absolute atomic E-state index is 12.0. The van der Waals surface area contributed by atoms with Gasteiger partial charge in [-0.05, 0) is 32.9 Å². The average molecular weight is 316 g/mol. The second kappa shape index (κ2) is 6.80. The van der Waals surface area contributed by atoms with Crippen molar-refractivity contribution in [2.75, 3.05) is 19.0 Å². The lowest BCUT2D eigenvalue weighted by Crippen LogP contribution is -2.42. The van der Waals surface area contributed by atoms with E-state index >= 15 is 0 Å². The van der Waals surface area contributed by atoms with Crippen molar-refractivity contribution in [3.8, 4) is 11.5 Å². The van der Waals surface area contributed by atoms with Crippen molar-refractivity contribution < 1.29 is 27.8 Å². The summed E-state index contributed by atoms with van der Waals surface area (Å²) in [6.45, 7) is 4.49. The number of sulfone groups is 1. The summed E-state index contributed by atoms with van der Waals surface area (Å²) >= 11 is 0. The Morgan fingerprint density at radius 3 is 2.19 bits per heavy atom. The molecular weight excluding hydrogens is 296 g/mol. The summed E-state index contributed by atoms with van der Waals surface area (Å²) in [4.78, 5) is 11.0. The summed E-state index contributed by atoms with van der Waals surface area (Å²) < 4.78 is 32.9. The first-order chi connectivity index (χ1) is 9.72. The van der Waals surface area contributed by atoms with Crippen molar-refractivity contribution >= 4 is 15.8 Å². The van der Waals surface area contributed by atoms with Crippen LogP contribution in [-0.4, -0.2) is 43.2 Å². The highest BCUT2D eigenvalue weighted by Gasteiger charge is 2.41. The molecule has 0 spiro atoms. The molecule has 0 unspecified atom stereocenters. The molecule has 0 saturated heterocycles. The number of carboxylic acid groups (broad SMARTS) is 1. The monoisotopic (exact) mass is 316 g/mol. The maximum Gasteiger partial charge on any atom is 0.324 e. The van der Waals surface area contributed by atoms with E-state index in [1.807, 2.05) is 6.92 Å². The number of ether oxygens (including phenoxy) is 2. The maximum atomic E-state index is 12.0. The third kappa shape index (κ3) is 4.10. The van der Waals surface area contributed by atoms with Crippen molar-refractivity contribution in [1.82, 2.24) is 0 Å². The Morgan fingerprint density at radius 2 is 1.71 bits per heavy atom. The molecule has 0 amide bonds. The van der Waals surface area contributed by atoms with E-state index < -0.39 is 20.6 Å². The smallest absolute Gasteiger partial charge is 0.324 e. The largest absolute Gasteiger partial charge is 0.490 e. The van der Waals surface area contributed by atoms with Crippen LogP contribution in [0.2, 0.25) is 0 Å². The Morgan fingerprint density at radius 1 is 1.19 bits per heavy atom. The molecule has 0 fully saturated rings. The molecule has 0 aliphatic heterocycles. The number of carboxylic acids is 1. The van der Waals surface area contributed by atoms with Gasteiger partial charge in [0.2, 0.25) is 0 Å². The standard InChI is InChI=1S/C14H20O6S/c1-4-19-11-7-5-6-8-12(11)20-9-10-21(17,18)14(2,3)13(15)16/h5-8H,4,9-10H2,1-3H3,(H,15,16). The highest BCUT2D eigenvalue weighted by molar-refractivity contribution is 7.93. The van der Waals surface area contributed by atoms with Crippen LogP contribution >= 0.6 is 0 Å². The lowest BCUT2D eigenvalue weighted by molar-refractivity contribution is -0.139. The Balaban J connectivity index is 2.72. The Hall–Kier alpha value is -1.76. The minimum absolute atomic E-state index is 0.136. The van der Waals surface area contributed by atoms with Gasteiger partial charge in [-0.2, -0.15) is 0 Å². The van der Waals surface area contributed by atoms with Gasteiger partial charge in [-0.1, -0.05) is 12.1 Å². The molecule has 118 valence electrons. The fourth-order valence-corrected chi connectivity index (χ4v) is 2.57. The van der Waals surface area contributed by atoms with E-state index in [9.17, 15) is 13.2 Å². The van der Waals surface area contributed by atoms with E-state index in [4.69, 9.17) is 14.6 Å². The van der Waals surface area contributed by atoms with Gasteiger partial charge in [0.15, 0.2) is 26.1 Å². The number of rotatable bonds is 8. The van der Waals surface area contributed by atoms with Crippen LogP contribution in [0.15, 0.2) is 24.3 Å². The van der Waals surface area contributed by atoms with E-state index in [1.165, 1.54) is 13.8 Å². The third-order valence-corrected chi connectivity index (χ3v) is 5.48. The van der Waals surface area contributed by atoms with E-state index in [1.54, 1.807) is 24.3 Å². The molecule has 0 aromatic heterocycles. The molecule has 1 N–H and O–H groups in total. The third-order valence-electron chi connectivity index (χ3n) is 3.05. The van der Waals surface area contributed by atoms with Gasteiger partial charge in [-0.15, -0.1) is 0 Å². The van der Waals surface area contributed by atoms with Crippen LogP contribution in [-0.2, 0) is 14.6 Å². The van der Waals surface area contributed by atoms with Gasteiger partial charge in [-0.25, -0.2) is 8.42 Å². The molecule has 0 aliphatic carbocycles. The molecule has 1 aromatic carbocycles. The molecule has 0 bridgehead atoms. The zero-order valence-corrected chi connectivity index (χ0v) is 13.1. The SMILES string of the molecule is CCOc1ccccc1OCCS(=O)(=O)C(C)(C)C(=O)O. The summed E-state index contributed by atoms with van der Waals surface area (Å²) in [5, 5.41) is 8.97. The van der Waals surface area contributed by atoms with Crippen LogP contribution in [0.5, 0.6) is 11.5 Å². The van der Waals surface area contributed by atoms with Crippen molar-refractivity contribution in [2.45, 2.75) is 25.5 Å². The molecule has 0 atom stereocenters. The van der Waals surface area contributed by atoms with E-state index in [0.717, 1.165) is 0 Å². The number of hydrogen-bond donors (Lipinski definition) is 1. The molecular formula is C14H20O6S. The van der Waals surface area contributed by atoms with Gasteiger partial charge in [-0.3, -0.25) is 4.79 Å². The van der Waals surface area contributed by atoms with Gasteiger partial charge in [0.1, 0.15) is 6.61 Å². The molecule has 0 saturated carbocycles. The molecule has 0 aliphatic rings. The summed E-state index contributed by atoms with van der Waals surface area (Å²) in [5.74, 6) is -0.804. The van der Waals surface area contributed by atoms with Crippen LogP contribution in [0.25, 0.3) is 0 Å². The van der Waals surface area contributed by atoms with Gasteiger partial charge in [0, 0.05) is 0 Å². The zero-order valence-electron chi connectivity index (χ0n) is 12.3. The van der Waals surface area contributed by atoms with Gasteiger partial charge >= 0.3 is 5.97 Å². The predicted octanol–water partition coefficient (Wildman–Crippen LogP) is 1.74. The molecule has 21 heavy (non-hydrogen) atoms.